The van der Waals surface area contributed by atoms with Gasteiger partial charge < -0.3 is 4.48 Å². The highest BCUT2D eigenvalue weighted by Gasteiger charge is 2.45. The summed E-state index contributed by atoms with van der Waals surface area (Å²) in [5, 5.41) is 0. The third kappa shape index (κ3) is 1.98. The Balaban J connectivity index is 1.97. The van der Waals surface area contributed by atoms with E-state index in [0.717, 1.165) is 6.04 Å². The molecule has 1 atom stereocenters. The zero-order valence-corrected chi connectivity index (χ0v) is 7.56. The number of hydrogen-bond acceptors (Lipinski definition) is 0. The van der Waals surface area contributed by atoms with E-state index in [1.165, 1.54) is 36.7 Å². The first-order chi connectivity index (χ1) is 4.67. The fraction of sp³-hybridized carbons (Fsp3) is 1.00. The number of nitrogens with zero attached hydrogens (tertiary/aromatic N) is 1. The third-order valence-corrected chi connectivity index (χ3v) is 2.68. The maximum absolute atomic E-state index is 2.33. The molecule has 0 saturated carbocycles. The van der Waals surface area contributed by atoms with E-state index < -0.39 is 0 Å². The Morgan fingerprint density at radius 2 is 1.90 bits per heavy atom. The molecule has 1 aliphatic rings. The van der Waals surface area contributed by atoms with Gasteiger partial charge in [-0.1, -0.05) is 19.8 Å². The fourth-order valence-electron chi connectivity index (χ4n) is 1.57. The van der Waals surface area contributed by atoms with E-state index >= 15 is 0 Å². The molecule has 1 nitrogen and oxygen atoms in total. The van der Waals surface area contributed by atoms with Gasteiger partial charge in [0.05, 0.1) is 14.1 Å². The van der Waals surface area contributed by atoms with Crippen LogP contribution in [0.2, 0.25) is 0 Å². The zero-order valence-electron chi connectivity index (χ0n) is 7.56. The van der Waals surface area contributed by atoms with Crippen molar-refractivity contribution in [1.29, 1.82) is 0 Å². The predicted octanol–water partition coefficient (Wildman–Crippen LogP) is 2.03. The largest absolute Gasteiger partial charge is 0.316 e. The molecule has 0 N–H and O–H groups in total. The Kier molecular flexibility index (Phi) is 2.35. The van der Waals surface area contributed by atoms with Crippen molar-refractivity contribution in [3.05, 3.63) is 0 Å². The van der Waals surface area contributed by atoms with Crippen LogP contribution in [0.25, 0.3) is 0 Å². The van der Waals surface area contributed by atoms with Crippen molar-refractivity contribution in [1.82, 2.24) is 0 Å². The molecule has 0 bridgehead atoms. The summed E-state index contributed by atoms with van der Waals surface area (Å²) in [4.78, 5) is 0. The minimum absolute atomic E-state index is 1.01. The molecule has 1 fully saturated rings. The van der Waals surface area contributed by atoms with Crippen LogP contribution in [0.4, 0.5) is 0 Å². The highest BCUT2D eigenvalue weighted by molar-refractivity contribution is 4.69. The Labute approximate surface area is 64.6 Å². The van der Waals surface area contributed by atoms with Crippen molar-refractivity contribution in [2.45, 2.75) is 38.6 Å². The van der Waals surface area contributed by atoms with Crippen LogP contribution < -0.4 is 0 Å². The number of unbranched alkanes of at least 4 members (excludes halogenated alkanes) is 2. The van der Waals surface area contributed by atoms with Crippen LogP contribution in [0.1, 0.15) is 32.6 Å². The van der Waals surface area contributed by atoms with Gasteiger partial charge in [-0.15, -0.1) is 0 Å². The smallest absolute Gasteiger partial charge is 0.138 e. The lowest BCUT2D eigenvalue weighted by Crippen LogP contribution is -2.15. The van der Waals surface area contributed by atoms with E-state index in [2.05, 4.69) is 21.0 Å². The van der Waals surface area contributed by atoms with Crippen LogP contribution in [-0.2, 0) is 0 Å². The predicted molar refractivity (Wildman–Crippen MR) is 44.9 cm³/mol. The molecule has 0 amide bonds. The molecule has 1 heterocycles. The van der Waals surface area contributed by atoms with E-state index in [1.807, 2.05) is 0 Å². The van der Waals surface area contributed by atoms with Crippen molar-refractivity contribution in [3.8, 4) is 0 Å². The van der Waals surface area contributed by atoms with Crippen LogP contribution in [0.15, 0.2) is 0 Å². The van der Waals surface area contributed by atoms with Crippen molar-refractivity contribution in [2.24, 2.45) is 0 Å². The maximum Gasteiger partial charge on any atom is 0.138 e. The molecule has 10 heavy (non-hydrogen) atoms. The fourth-order valence-corrected chi connectivity index (χ4v) is 1.57. The van der Waals surface area contributed by atoms with Crippen molar-refractivity contribution >= 4 is 0 Å². The van der Waals surface area contributed by atoms with Crippen molar-refractivity contribution in [2.75, 3.05) is 20.6 Å². The number of likely N-dealkylation sites (N-methyl/N-ethyl adjacent to an activating group) is 1. The minimum atomic E-state index is 1.01. The van der Waals surface area contributed by atoms with Crippen LogP contribution in [0, 0.1) is 0 Å². The van der Waals surface area contributed by atoms with E-state index in [9.17, 15) is 0 Å². The van der Waals surface area contributed by atoms with Gasteiger partial charge in [0, 0.05) is 6.42 Å². The van der Waals surface area contributed by atoms with Crippen molar-refractivity contribution in [3.63, 3.8) is 0 Å². The second kappa shape index (κ2) is 2.91. The van der Waals surface area contributed by atoms with Crippen LogP contribution in [-0.4, -0.2) is 31.2 Å². The summed E-state index contributed by atoms with van der Waals surface area (Å²) in [5.74, 6) is 0. The minimum Gasteiger partial charge on any atom is -0.316 e. The molecular formula is C9H20N+. The highest BCUT2D eigenvalue weighted by atomic mass is 15.5. The Morgan fingerprint density at radius 1 is 1.30 bits per heavy atom. The topological polar surface area (TPSA) is 0 Å². The standard InChI is InChI=1S/C9H20N/c1-4-5-6-7-9-8-10(9,2)3/h9H,4-8H2,1-3H3/q+1. The van der Waals surface area contributed by atoms with Gasteiger partial charge in [0.25, 0.3) is 0 Å². The summed E-state index contributed by atoms with van der Waals surface area (Å²) in [6.07, 6.45) is 5.69. The zero-order chi connectivity index (χ0) is 7.61. The lowest BCUT2D eigenvalue weighted by molar-refractivity contribution is -0.769. The summed E-state index contributed by atoms with van der Waals surface area (Å²) >= 11 is 0. The van der Waals surface area contributed by atoms with Gasteiger partial charge >= 0.3 is 0 Å². The molecule has 1 heteroatoms. The van der Waals surface area contributed by atoms with Crippen LogP contribution >= 0.6 is 0 Å². The lowest BCUT2D eigenvalue weighted by Gasteiger charge is -2.04. The van der Waals surface area contributed by atoms with Crippen LogP contribution in [0.3, 0.4) is 0 Å². The summed E-state index contributed by atoms with van der Waals surface area (Å²) in [6, 6.07) is 1.01. The van der Waals surface area contributed by atoms with Gasteiger partial charge in [-0.2, -0.15) is 0 Å². The molecule has 0 aliphatic carbocycles. The normalized spacial score (nSPS) is 28.5. The Hall–Kier alpha value is -0.0400. The lowest BCUT2D eigenvalue weighted by atomic mass is 10.2. The maximum atomic E-state index is 2.33. The van der Waals surface area contributed by atoms with Gasteiger partial charge in [-0.05, 0) is 6.42 Å². The first kappa shape index (κ1) is 8.06. The van der Waals surface area contributed by atoms with Crippen LogP contribution in [0.5, 0.6) is 0 Å². The molecule has 60 valence electrons. The third-order valence-electron chi connectivity index (χ3n) is 2.68. The average Bonchev–Trinajstić information content (AvgIpc) is 2.41. The molecule has 1 saturated heterocycles. The molecule has 0 spiro atoms. The monoisotopic (exact) mass is 142 g/mol. The molecule has 0 aromatic rings. The van der Waals surface area contributed by atoms with Gasteiger partial charge in [-0.3, -0.25) is 0 Å². The van der Waals surface area contributed by atoms with E-state index in [4.69, 9.17) is 0 Å². The quantitative estimate of drug-likeness (QED) is 0.320. The molecule has 0 aromatic heterocycles. The van der Waals surface area contributed by atoms with Gasteiger partial charge in [0.2, 0.25) is 0 Å². The average molecular weight is 142 g/mol. The number of quaternary nitrogens is 1. The summed E-state index contributed by atoms with van der Waals surface area (Å²) < 4.78 is 1.28. The summed E-state index contributed by atoms with van der Waals surface area (Å²) in [6.45, 7) is 3.69. The van der Waals surface area contributed by atoms with Gasteiger partial charge in [-0.25, -0.2) is 0 Å². The molecular weight excluding hydrogens is 122 g/mol. The van der Waals surface area contributed by atoms with Crippen molar-refractivity contribution < 1.29 is 4.48 Å². The van der Waals surface area contributed by atoms with E-state index in [0.29, 0.717) is 0 Å². The number of rotatable bonds is 4. The van der Waals surface area contributed by atoms with Gasteiger partial charge in [0.1, 0.15) is 12.6 Å². The molecule has 1 unspecified atom stereocenters. The molecule has 1 aliphatic heterocycles. The second-order valence-electron chi connectivity index (χ2n) is 4.11. The summed E-state index contributed by atoms with van der Waals surface area (Å²) in [7, 11) is 4.66. The SMILES string of the molecule is CCCCCC1C[N+]1(C)C. The molecule has 0 radical (unpaired) electrons. The first-order valence-electron chi connectivity index (χ1n) is 4.49. The Bertz CT molecular complexity index is 107. The van der Waals surface area contributed by atoms with E-state index in [-0.39, 0.29) is 0 Å². The highest BCUT2D eigenvalue weighted by Crippen LogP contribution is 2.28. The molecule has 1 rings (SSSR count). The molecule has 0 aromatic carbocycles. The number of hydrogen-bond donors (Lipinski definition) is 0. The Morgan fingerprint density at radius 3 is 2.30 bits per heavy atom. The van der Waals surface area contributed by atoms with Gasteiger partial charge in [0.15, 0.2) is 0 Å². The summed E-state index contributed by atoms with van der Waals surface area (Å²) in [5.41, 5.74) is 0. The first-order valence-corrected chi connectivity index (χ1v) is 4.49. The van der Waals surface area contributed by atoms with E-state index in [1.54, 1.807) is 0 Å². The second-order valence-corrected chi connectivity index (χ2v) is 4.11.